The van der Waals surface area contributed by atoms with Gasteiger partial charge >= 0.3 is 5.69 Å². The summed E-state index contributed by atoms with van der Waals surface area (Å²) in [5, 5.41) is 21.7. The Bertz CT molecular complexity index is 753. The van der Waals surface area contributed by atoms with Gasteiger partial charge < -0.3 is 14.9 Å². The quantitative estimate of drug-likeness (QED) is 0.470. The summed E-state index contributed by atoms with van der Waals surface area (Å²) in [6.45, 7) is 0. The van der Waals surface area contributed by atoms with Crippen molar-refractivity contribution in [2.75, 3.05) is 4.43 Å². The number of nitrogens with zero attached hydrogens (tertiary/aromatic N) is 1. The monoisotopic (exact) mass is 410 g/mol. The van der Waals surface area contributed by atoms with Gasteiger partial charge in [-0.3, -0.25) is 14.3 Å². The van der Waals surface area contributed by atoms with Crippen LogP contribution in [0.5, 0.6) is 0 Å². The summed E-state index contributed by atoms with van der Waals surface area (Å²) in [6, 6.07) is 1.62. The molecular weight excluding hydrogens is 399 g/mol. The Morgan fingerprint density at radius 1 is 1.40 bits per heavy atom. The fourth-order valence-electron chi connectivity index (χ4n) is 2.31. The van der Waals surface area contributed by atoms with Gasteiger partial charge in [-0.05, 0) is 11.4 Å². The van der Waals surface area contributed by atoms with Crippen LogP contribution in [0.3, 0.4) is 0 Å². The number of ether oxygens (including phenoxy) is 1. The highest BCUT2D eigenvalue weighted by atomic mass is 127. The average Bonchev–Trinajstić information content (AvgIpc) is 2.99. The van der Waals surface area contributed by atoms with Crippen LogP contribution >= 0.6 is 33.9 Å². The molecule has 0 saturated carbocycles. The second-order valence-corrected chi connectivity index (χ2v) is 6.26. The molecule has 20 heavy (non-hydrogen) atoms. The van der Waals surface area contributed by atoms with E-state index < -0.39 is 35.8 Å². The molecule has 1 saturated heterocycles. The molecule has 0 amide bonds. The first-order chi connectivity index (χ1) is 9.54. The van der Waals surface area contributed by atoms with Gasteiger partial charge in [0.2, 0.25) is 0 Å². The zero-order chi connectivity index (χ0) is 14.4. The number of aromatic amines is 1. The predicted octanol–water partition coefficient (Wildman–Crippen LogP) is -0.195. The molecule has 9 heteroatoms. The predicted molar refractivity (Wildman–Crippen MR) is 81.5 cm³/mol. The van der Waals surface area contributed by atoms with Gasteiger partial charge in [0.15, 0.2) is 6.23 Å². The lowest BCUT2D eigenvalue weighted by molar-refractivity contribution is -0.0305. The Morgan fingerprint density at radius 3 is 2.80 bits per heavy atom. The smallest absolute Gasteiger partial charge is 0.331 e. The number of aromatic nitrogens is 2. The molecule has 1 fully saturated rings. The summed E-state index contributed by atoms with van der Waals surface area (Å²) >= 11 is 3.24. The van der Waals surface area contributed by atoms with Crippen molar-refractivity contribution < 1.29 is 14.9 Å². The maximum atomic E-state index is 12.0. The van der Waals surface area contributed by atoms with E-state index in [1.54, 1.807) is 11.4 Å². The van der Waals surface area contributed by atoms with Gasteiger partial charge in [-0.1, -0.05) is 22.6 Å². The third-order valence-corrected chi connectivity index (χ3v) is 5.06. The Kier molecular flexibility index (Phi) is 3.71. The Balaban J connectivity index is 2.18. The Labute approximate surface area is 130 Å². The van der Waals surface area contributed by atoms with Crippen LogP contribution in [0, 0.1) is 0 Å². The van der Waals surface area contributed by atoms with Crippen molar-refractivity contribution in [3.63, 3.8) is 0 Å². The number of alkyl halides is 1. The lowest BCUT2D eigenvalue weighted by Gasteiger charge is -2.18. The minimum absolute atomic E-state index is 0.382. The van der Waals surface area contributed by atoms with Gasteiger partial charge in [0.1, 0.15) is 16.9 Å². The number of aliphatic hydroxyl groups excluding tert-OH is 2. The number of nitrogens with one attached hydrogen (secondary N) is 1. The first kappa shape index (κ1) is 14.2. The van der Waals surface area contributed by atoms with Gasteiger partial charge in [-0.25, -0.2) is 4.79 Å². The zero-order valence-electron chi connectivity index (χ0n) is 10.0. The summed E-state index contributed by atoms with van der Waals surface area (Å²) in [6.07, 6.45) is -3.85. The number of fused-ring (bicyclic) bond motifs is 1. The number of halogens is 1. The number of thiophene rings is 1. The Hall–Kier alpha value is -0.750. The van der Waals surface area contributed by atoms with Crippen LogP contribution in [0.2, 0.25) is 0 Å². The highest BCUT2D eigenvalue weighted by molar-refractivity contribution is 14.1. The third-order valence-electron chi connectivity index (χ3n) is 3.29. The summed E-state index contributed by atoms with van der Waals surface area (Å²) in [5.41, 5.74) is -0.727. The van der Waals surface area contributed by atoms with E-state index in [0.29, 0.717) is 14.6 Å². The number of hydrogen-bond donors (Lipinski definition) is 3. The molecule has 0 radical (unpaired) electrons. The molecule has 3 heterocycles. The van der Waals surface area contributed by atoms with Gasteiger partial charge in [-0.15, -0.1) is 11.3 Å². The maximum absolute atomic E-state index is 12.0. The molecule has 108 valence electrons. The van der Waals surface area contributed by atoms with E-state index in [1.165, 1.54) is 15.9 Å². The molecule has 3 rings (SSSR count). The van der Waals surface area contributed by atoms with Crippen LogP contribution < -0.4 is 11.2 Å². The number of hydrogen-bond acceptors (Lipinski definition) is 6. The lowest BCUT2D eigenvalue weighted by Crippen LogP contribution is -2.38. The molecule has 0 aromatic carbocycles. The van der Waals surface area contributed by atoms with Crippen molar-refractivity contribution in [2.45, 2.75) is 24.5 Å². The van der Waals surface area contributed by atoms with Gasteiger partial charge in [-0.2, -0.15) is 0 Å². The molecule has 1 aliphatic heterocycles. The topological polar surface area (TPSA) is 105 Å². The number of rotatable bonds is 2. The zero-order valence-corrected chi connectivity index (χ0v) is 13.0. The van der Waals surface area contributed by atoms with E-state index in [1.807, 2.05) is 22.6 Å². The first-order valence-corrected chi connectivity index (χ1v) is 8.24. The lowest BCUT2D eigenvalue weighted by atomic mass is 10.1. The van der Waals surface area contributed by atoms with Crippen molar-refractivity contribution in [1.82, 2.24) is 9.55 Å². The maximum Gasteiger partial charge on any atom is 0.331 e. The third kappa shape index (κ3) is 2.04. The summed E-state index contributed by atoms with van der Waals surface area (Å²) in [5.74, 6) is 0. The molecule has 0 unspecified atom stereocenters. The SMILES string of the molecule is O=c1[nH]c(=O)n([C@@H]2O[C@H](CI)[C@@H](O)[C@H]2O)c2ccsc12. The minimum atomic E-state index is -1.22. The van der Waals surface area contributed by atoms with Crippen LogP contribution in [-0.4, -0.2) is 42.5 Å². The van der Waals surface area contributed by atoms with Crippen molar-refractivity contribution >= 4 is 44.1 Å². The van der Waals surface area contributed by atoms with Crippen LogP contribution in [0.25, 0.3) is 10.2 Å². The van der Waals surface area contributed by atoms with Gasteiger partial charge in [0, 0.05) is 4.43 Å². The van der Waals surface area contributed by atoms with Crippen molar-refractivity contribution in [2.24, 2.45) is 0 Å². The minimum Gasteiger partial charge on any atom is -0.387 e. The fraction of sp³-hybridized carbons (Fsp3) is 0.455. The first-order valence-electron chi connectivity index (χ1n) is 5.84. The van der Waals surface area contributed by atoms with E-state index in [9.17, 15) is 19.8 Å². The van der Waals surface area contributed by atoms with Crippen molar-refractivity contribution in [3.8, 4) is 0 Å². The summed E-state index contributed by atoms with van der Waals surface area (Å²) in [7, 11) is 0. The van der Waals surface area contributed by atoms with E-state index in [0.717, 1.165) is 0 Å². The highest BCUT2D eigenvalue weighted by Crippen LogP contribution is 2.31. The van der Waals surface area contributed by atoms with Crippen molar-refractivity contribution in [1.29, 1.82) is 0 Å². The molecule has 0 spiro atoms. The van der Waals surface area contributed by atoms with Gasteiger partial charge in [0.05, 0.1) is 11.6 Å². The van der Waals surface area contributed by atoms with Crippen molar-refractivity contribution in [3.05, 3.63) is 32.3 Å². The van der Waals surface area contributed by atoms with E-state index in [-0.39, 0.29) is 0 Å². The highest BCUT2D eigenvalue weighted by Gasteiger charge is 2.44. The summed E-state index contributed by atoms with van der Waals surface area (Å²) < 4.78 is 7.61. The van der Waals surface area contributed by atoms with E-state index in [4.69, 9.17) is 4.74 Å². The molecular formula is C11H11IN2O5S. The van der Waals surface area contributed by atoms with E-state index in [2.05, 4.69) is 4.98 Å². The largest absolute Gasteiger partial charge is 0.387 e. The molecule has 2 aromatic rings. The fourth-order valence-corrected chi connectivity index (χ4v) is 3.82. The Morgan fingerprint density at radius 2 is 2.15 bits per heavy atom. The molecule has 3 N–H and O–H groups in total. The second-order valence-electron chi connectivity index (χ2n) is 4.46. The van der Waals surface area contributed by atoms with Crippen LogP contribution in [0.15, 0.2) is 21.0 Å². The summed E-state index contributed by atoms with van der Waals surface area (Å²) in [4.78, 5) is 25.9. The van der Waals surface area contributed by atoms with Crippen LogP contribution in [-0.2, 0) is 4.74 Å². The molecule has 4 atom stereocenters. The number of H-pyrrole nitrogens is 1. The molecule has 0 aliphatic carbocycles. The molecule has 0 bridgehead atoms. The standard InChI is InChI=1S/C11H11IN2O5S/c12-3-5-6(15)7(16)10(19-5)14-4-1-2-20-8(4)9(17)13-11(14)18/h1-2,5-7,10,15-16H,3H2,(H,13,17,18)/t5-,6-,7-,10-/m1/s1. The molecule has 2 aromatic heterocycles. The molecule has 1 aliphatic rings. The molecule has 7 nitrogen and oxygen atoms in total. The second kappa shape index (κ2) is 5.22. The average molecular weight is 410 g/mol. The normalized spacial score (nSPS) is 30.1. The van der Waals surface area contributed by atoms with Gasteiger partial charge in [0.25, 0.3) is 5.56 Å². The van der Waals surface area contributed by atoms with Crippen LogP contribution in [0.4, 0.5) is 0 Å². The van der Waals surface area contributed by atoms with E-state index >= 15 is 0 Å². The number of aliphatic hydroxyl groups is 2. The van der Waals surface area contributed by atoms with Crippen LogP contribution in [0.1, 0.15) is 6.23 Å².